The second kappa shape index (κ2) is 6.97. The summed E-state index contributed by atoms with van der Waals surface area (Å²) in [5.41, 5.74) is 1.07. The van der Waals surface area contributed by atoms with Crippen LogP contribution in [0.5, 0.6) is 0 Å². The van der Waals surface area contributed by atoms with Crippen LogP contribution in [-0.4, -0.2) is 46.9 Å². The van der Waals surface area contributed by atoms with Crippen LogP contribution in [0.15, 0.2) is 24.3 Å². The van der Waals surface area contributed by atoms with Gasteiger partial charge in [-0.25, -0.2) is 4.98 Å². The number of nitrogens with zero attached hydrogens (tertiary/aromatic N) is 3. The quantitative estimate of drug-likeness (QED) is 0.857. The van der Waals surface area contributed by atoms with Gasteiger partial charge in [0.25, 0.3) is 0 Å². The van der Waals surface area contributed by atoms with Crippen LogP contribution >= 0.6 is 11.3 Å². The van der Waals surface area contributed by atoms with Crippen LogP contribution < -0.4 is 0 Å². The summed E-state index contributed by atoms with van der Waals surface area (Å²) >= 11 is 1.77. The predicted molar refractivity (Wildman–Crippen MR) is 95.7 cm³/mol. The maximum atomic E-state index is 12.5. The summed E-state index contributed by atoms with van der Waals surface area (Å²) < 4.78 is 1.23. The van der Waals surface area contributed by atoms with Crippen LogP contribution in [0.3, 0.4) is 0 Å². The minimum Gasteiger partial charge on any atom is -0.342 e. The first-order valence-corrected chi connectivity index (χ1v) is 9.23. The molecule has 0 spiro atoms. The van der Waals surface area contributed by atoms with E-state index >= 15 is 0 Å². The lowest BCUT2D eigenvalue weighted by atomic mass is 10.0. The number of fused-ring (bicyclic) bond motifs is 1. The maximum absolute atomic E-state index is 12.5. The number of carbonyl (C=O) groups excluding carboxylic acids is 1. The van der Waals surface area contributed by atoms with E-state index in [-0.39, 0.29) is 18.0 Å². The fourth-order valence-electron chi connectivity index (χ4n) is 3.07. The zero-order valence-corrected chi connectivity index (χ0v) is 15.0. The van der Waals surface area contributed by atoms with E-state index in [9.17, 15) is 4.79 Å². The molecule has 0 saturated carbocycles. The molecule has 1 saturated heterocycles. The van der Waals surface area contributed by atoms with E-state index in [0.29, 0.717) is 6.54 Å². The number of carbonyl (C=O) groups is 1. The van der Waals surface area contributed by atoms with Crippen molar-refractivity contribution in [2.75, 3.05) is 20.1 Å². The van der Waals surface area contributed by atoms with Crippen molar-refractivity contribution < 1.29 is 4.79 Å². The van der Waals surface area contributed by atoms with Gasteiger partial charge in [-0.3, -0.25) is 9.69 Å². The molecule has 0 radical (unpaired) electrons. The molecule has 3 rings (SSSR count). The lowest BCUT2D eigenvalue weighted by molar-refractivity contribution is -0.133. The van der Waals surface area contributed by atoms with Gasteiger partial charge in [-0.05, 0) is 45.4 Å². The van der Waals surface area contributed by atoms with E-state index in [0.717, 1.165) is 23.5 Å². The van der Waals surface area contributed by atoms with E-state index in [1.807, 2.05) is 18.0 Å². The van der Waals surface area contributed by atoms with Crippen molar-refractivity contribution in [3.63, 3.8) is 0 Å². The molecule has 1 aromatic heterocycles. The molecule has 0 bridgehead atoms. The maximum Gasteiger partial charge on any atom is 0.236 e. The second-order valence-electron chi connectivity index (χ2n) is 6.60. The fourth-order valence-corrected chi connectivity index (χ4v) is 4.20. The number of aromatic nitrogens is 1. The molecule has 1 atom stereocenters. The van der Waals surface area contributed by atoms with Gasteiger partial charge in [0.05, 0.1) is 22.8 Å². The number of likely N-dealkylation sites (tertiary alicyclic amines) is 1. The summed E-state index contributed by atoms with van der Waals surface area (Å²) in [6, 6.07) is 8.82. The van der Waals surface area contributed by atoms with Crippen LogP contribution in [-0.2, 0) is 4.79 Å². The highest BCUT2D eigenvalue weighted by Crippen LogP contribution is 2.35. The van der Waals surface area contributed by atoms with Gasteiger partial charge in [0, 0.05) is 13.1 Å². The van der Waals surface area contributed by atoms with Gasteiger partial charge < -0.3 is 4.90 Å². The normalized spacial score (nSPS) is 19.4. The van der Waals surface area contributed by atoms with Crippen LogP contribution in [0.4, 0.5) is 0 Å². The second-order valence-corrected chi connectivity index (χ2v) is 7.66. The topological polar surface area (TPSA) is 36.4 Å². The molecule has 5 heteroatoms. The molecule has 4 nitrogen and oxygen atoms in total. The van der Waals surface area contributed by atoms with Gasteiger partial charge in [-0.1, -0.05) is 18.6 Å². The standard InChI is InChI=1S/C18H25N3OS/c1-13(2)20(3)17(22)12-21-11-7-6-9-15(21)18-19-14-8-4-5-10-16(14)23-18/h4-5,8,10,13,15H,6-7,9,11-12H2,1-3H3. The average Bonchev–Trinajstić information content (AvgIpc) is 2.98. The lowest BCUT2D eigenvalue weighted by Gasteiger charge is -2.35. The summed E-state index contributed by atoms with van der Waals surface area (Å²) in [5.74, 6) is 0.202. The van der Waals surface area contributed by atoms with E-state index < -0.39 is 0 Å². The first-order chi connectivity index (χ1) is 11.1. The van der Waals surface area contributed by atoms with E-state index in [2.05, 4.69) is 36.9 Å². The smallest absolute Gasteiger partial charge is 0.236 e. The van der Waals surface area contributed by atoms with E-state index in [4.69, 9.17) is 4.98 Å². The molecule has 1 aliphatic rings. The Labute approximate surface area is 142 Å². The Bertz CT molecular complexity index is 649. The fraction of sp³-hybridized carbons (Fsp3) is 0.556. The Morgan fingerprint density at radius 3 is 2.91 bits per heavy atom. The molecular formula is C18H25N3OS. The van der Waals surface area contributed by atoms with Gasteiger partial charge in [0.15, 0.2) is 0 Å². The van der Waals surface area contributed by atoms with Gasteiger partial charge in [0.2, 0.25) is 5.91 Å². The molecule has 23 heavy (non-hydrogen) atoms. The number of thiazole rings is 1. The SMILES string of the molecule is CC(C)N(C)C(=O)CN1CCCCC1c1nc2ccccc2s1. The summed E-state index contributed by atoms with van der Waals surface area (Å²) in [4.78, 5) is 21.5. The minimum absolute atomic E-state index is 0.202. The number of amides is 1. The number of likely N-dealkylation sites (N-methyl/N-ethyl adjacent to an activating group) is 1. The number of benzene rings is 1. The van der Waals surface area contributed by atoms with Crippen LogP contribution in [0.1, 0.15) is 44.2 Å². The van der Waals surface area contributed by atoms with Crippen LogP contribution in [0.2, 0.25) is 0 Å². The van der Waals surface area contributed by atoms with Crippen molar-refractivity contribution in [1.82, 2.24) is 14.8 Å². The molecular weight excluding hydrogens is 306 g/mol. The van der Waals surface area contributed by atoms with Crippen molar-refractivity contribution >= 4 is 27.5 Å². The Morgan fingerprint density at radius 2 is 2.17 bits per heavy atom. The van der Waals surface area contributed by atoms with Crippen molar-refractivity contribution in [3.8, 4) is 0 Å². The monoisotopic (exact) mass is 331 g/mol. The summed E-state index contributed by atoms with van der Waals surface area (Å²) in [7, 11) is 1.89. The molecule has 2 heterocycles. The number of hydrogen-bond acceptors (Lipinski definition) is 4. The van der Waals surface area contributed by atoms with Crippen molar-refractivity contribution in [2.45, 2.75) is 45.2 Å². The number of rotatable bonds is 4. The molecule has 124 valence electrons. The highest BCUT2D eigenvalue weighted by molar-refractivity contribution is 7.18. The molecule has 1 aromatic carbocycles. The highest BCUT2D eigenvalue weighted by Gasteiger charge is 2.29. The van der Waals surface area contributed by atoms with Crippen LogP contribution in [0.25, 0.3) is 10.2 Å². The summed E-state index contributed by atoms with van der Waals surface area (Å²) in [6.45, 7) is 5.59. The third kappa shape index (κ3) is 3.56. The van der Waals surface area contributed by atoms with Crippen molar-refractivity contribution in [1.29, 1.82) is 0 Å². The largest absolute Gasteiger partial charge is 0.342 e. The van der Waals surface area contributed by atoms with Gasteiger partial charge in [-0.15, -0.1) is 11.3 Å². The lowest BCUT2D eigenvalue weighted by Crippen LogP contribution is -2.44. The molecule has 1 amide bonds. The first-order valence-electron chi connectivity index (χ1n) is 8.41. The zero-order chi connectivity index (χ0) is 16.4. The molecule has 1 fully saturated rings. The Balaban J connectivity index is 1.79. The highest BCUT2D eigenvalue weighted by atomic mass is 32.1. The van der Waals surface area contributed by atoms with E-state index in [1.54, 1.807) is 11.3 Å². The Morgan fingerprint density at radius 1 is 1.39 bits per heavy atom. The molecule has 1 aliphatic heterocycles. The third-order valence-electron chi connectivity index (χ3n) is 4.72. The van der Waals surface area contributed by atoms with Gasteiger partial charge in [0.1, 0.15) is 5.01 Å². The van der Waals surface area contributed by atoms with E-state index in [1.165, 1.54) is 17.5 Å². The zero-order valence-electron chi connectivity index (χ0n) is 14.2. The predicted octanol–water partition coefficient (Wildman–Crippen LogP) is 3.69. The first kappa shape index (κ1) is 16.4. The number of piperidine rings is 1. The van der Waals surface area contributed by atoms with Crippen molar-refractivity contribution in [2.24, 2.45) is 0 Å². The molecule has 2 aromatic rings. The summed E-state index contributed by atoms with van der Waals surface area (Å²) in [5, 5.41) is 1.16. The van der Waals surface area contributed by atoms with Crippen LogP contribution in [0, 0.1) is 0 Å². The molecule has 0 aliphatic carbocycles. The Hall–Kier alpha value is -1.46. The number of hydrogen-bond donors (Lipinski definition) is 0. The van der Waals surface area contributed by atoms with Crippen molar-refractivity contribution in [3.05, 3.63) is 29.3 Å². The third-order valence-corrected chi connectivity index (χ3v) is 5.85. The summed E-state index contributed by atoms with van der Waals surface area (Å²) in [6.07, 6.45) is 3.48. The average molecular weight is 331 g/mol. The minimum atomic E-state index is 0.202. The number of para-hydroxylation sites is 1. The molecule has 0 N–H and O–H groups in total. The van der Waals surface area contributed by atoms with Gasteiger partial charge >= 0.3 is 0 Å². The molecule has 1 unspecified atom stereocenters. The van der Waals surface area contributed by atoms with Gasteiger partial charge in [-0.2, -0.15) is 0 Å². The Kier molecular flexibility index (Phi) is 4.97.